The number of benzene rings is 1. The molecule has 27 heavy (non-hydrogen) atoms. The standard InChI is InChI=1S/C20H21ClN4O2/c21-15-1-3-16(4-2-15)25-18-13-23-11-7-17(18)19(24-25)20(26)27-12-8-14-5-9-22-10-6-14/h1-4,7,11,13-14,22H,5-6,8-10,12H2. The number of aromatic nitrogens is 3. The van der Waals surface area contributed by atoms with E-state index >= 15 is 0 Å². The second-order valence-corrected chi connectivity index (χ2v) is 7.18. The van der Waals surface area contributed by atoms with E-state index in [1.54, 1.807) is 35.3 Å². The van der Waals surface area contributed by atoms with Crippen LogP contribution >= 0.6 is 11.6 Å². The van der Waals surface area contributed by atoms with Gasteiger partial charge in [-0.2, -0.15) is 5.10 Å². The molecule has 7 heteroatoms. The van der Waals surface area contributed by atoms with Crippen molar-refractivity contribution in [1.29, 1.82) is 0 Å². The molecule has 1 N–H and O–H groups in total. The average molecular weight is 385 g/mol. The molecule has 4 rings (SSSR count). The molecule has 0 atom stereocenters. The lowest BCUT2D eigenvalue weighted by atomic mass is 9.95. The summed E-state index contributed by atoms with van der Waals surface area (Å²) in [6.45, 7) is 2.51. The van der Waals surface area contributed by atoms with E-state index in [-0.39, 0.29) is 0 Å². The summed E-state index contributed by atoms with van der Waals surface area (Å²) < 4.78 is 7.23. The first kappa shape index (κ1) is 17.9. The van der Waals surface area contributed by atoms with Crippen LogP contribution in [0, 0.1) is 5.92 Å². The summed E-state index contributed by atoms with van der Waals surface area (Å²) in [5, 5.41) is 9.22. The Morgan fingerprint density at radius 1 is 1.22 bits per heavy atom. The topological polar surface area (TPSA) is 69.0 Å². The number of fused-ring (bicyclic) bond motifs is 1. The second-order valence-electron chi connectivity index (χ2n) is 6.75. The molecule has 1 fully saturated rings. The monoisotopic (exact) mass is 384 g/mol. The molecule has 0 bridgehead atoms. The number of ether oxygens (including phenoxy) is 1. The quantitative estimate of drug-likeness (QED) is 0.680. The molecule has 0 unspecified atom stereocenters. The van der Waals surface area contributed by atoms with Crippen LogP contribution < -0.4 is 5.32 Å². The van der Waals surface area contributed by atoms with Gasteiger partial charge >= 0.3 is 5.97 Å². The molecule has 1 aliphatic heterocycles. The van der Waals surface area contributed by atoms with Gasteiger partial charge in [-0.1, -0.05) is 11.6 Å². The van der Waals surface area contributed by atoms with E-state index in [0.717, 1.165) is 48.9 Å². The Hall–Kier alpha value is -2.44. The van der Waals surface area contributed by atoms with Crippen molar-refractivity contribution >= 4 is 28.5 Å². The van der Waals surface area contributed by atoms with Crippen molar-refractivity contribution in [1.82, 2.24) is 20.1 Å². The SMILES string of the molecule is O=C(OCCC1CCNCC1)c1nn(-c2ccc(Cl)cc2)c2cnccc12. The van der Waals surface area contributed by atoms with Gasteiger partial charge in [-0.15, -0.1) is 0 Å². The van der Waals surface area contributed by atoms with Crippen molar-refractivity contribution in [3.63, 3.8) is 0 Å². The van der Waals surface area contributed by atoms with Crippen molar-refractivity contribution in [2.45, 2.75) is 19.3 Å². The largest absolute Gasteiger partial charge is 0.461 e. The molecule has 1 aromatic carbocycles. The minimum absolute atomic E-state index is 0.313. The molecule has 140 valence electrons. The third kappa shape index (κ3) is 3.96. The van der Waals surface area contributed by atoms with Gasteiger partial charge < -0.3 is 10.1 Å². The van der Waals surface area contributed by atoms with Gasteiger partial charge in [0.15, 0.2) is 5.69 Å². The van der Waals surface area contributed by atoms with Gasteiger partial charge in [-0.3, -0.25) is 4.98 Å². The fourth-order valence-electron chi connectivity index (χ4n) is 3.45. The van der Waals surface area contributed by atoms with Crippen LogP contribution in [0.25, 0.3) is 16.6 Å². The molecule has 6 nitrogen and oxygen atoms in total. The number of hydrogen-bond donors (Lipinski definition) is 1. The fraction of sp³-hybridized carbons (Fsp3) is 0.350. The summed E-state index contributed by atoms with van der Waals surface area (Å²) in [6, 6.07) is 9.08. The lowest BCUT2D eigenvalue weighted by molar-refractivity contribution is 0.0471. The van der Waals surface area contributed by atoms with Crippen molar-refractivity contribution < 1.29 is 9.53 Å². The van der Waals surface area contributed by atoms with Crippen LogP contribution in [0.1, 0.15) is 29.8 Å². The summed E-state index contributed by atoms with van der Waals surface area (Å²) >= 11 is 5.97. The van der Waals surface area contributed by atoms with E-state index in [2.05, 4.69) is 15.4 Å². The van der Waals surface area contributed by atoms with Crippen LogP contribution in [0.3, 0.4) is 0 Å². The predicted molar refractivity (Wildman–Crippen MR) is 104 cm³/mol. The third-order valence-electron chi connectivity index (χ3n) is 4.97. The smallest absolute Gasteiger partial charge is 0.359 e. The Labute approximate surface area is 162 Å². The number of esters is 1. The predicted octanol–water partition coefficient (Wildman–Crippen LogP) is 3.62. The number of hydrogen-bond acceptors (Lipinski definition) is 5. The molecule has 1 aliphatic rings. The van der Waals surface area contributed by atoms with E-state index in [9.17, 15) is 4.79 Å². The summed E-state index contributed by atoms with van der Waals surface area (Å²) in [5.41, 5.74) is 1.88. The lowest BCUT2D eigenvalue weighted by Crippen LogP contribution is -2.28. The molecule has 2 aromatic heterocycles. The van der Waals surface area contributed by atoms with Gasteiger partial charge in [-0.25, -0.2) is 9.48 Å². The zero-order chi connectivity index (χ0) is 18.6. The Kier molecular flexibility index (Phi) is 5.36. The summed E-state index contributed by atoms with van der Waals surface area (Å²) in [7, 11) is 0. The first-order chi connectivity index (χ1) is 13.2. The first-order valence-electron chi connectivity index (χ1n) is 9.19. The van der Waals surface area contributed by atoms with Crippen LogP contribution in [-0.2, 0) is 4.74 Å². The van der Waals surface area contributed by atoms with Gasteiger partial charge in [0.1, 0.15) is 0 Å². The molecular weight excluding hydrogens is 364 g/mol. The van der Waals surface area contributed by atoms with Crippen LogP contribution in [0.15, 0.2) is 42.7 Å². The number of nitrogens with zero attached hydrogens (tertiary/aromatic N) is 3. The molecule has 0 amide bonds. The molecule has 0 saturated carbocycles. The number of piperidine rings is 1. The van der Waals surface area contributed by atoms with E-state index in [4.69, 9.17) is 16.3 Å². The Morgan fingerprint density at radius 3 is 2.78 bits per heavy atom. The van der Waals surface area contributed by atoms with E-state index in [1.165, 1.54) is 0 Å². The number of rotatable bonds is 5. The minimum atomic E-state index is -0.396. The van der Waals surface area contributed by atoms with Crippen molar-refractivity contribution in [3.8, 4) is 5.69 Å². The first-order valence-corrected chi connectivity index (χ1v) is 9.56. The maximum Gasteiger partial charge on any atom is 0.359 e. The number of carbonyl (C=O) groups is 1. The number of nitrogens with one attached hydrogen (secondary N) is 1. The molecule has 3 aromatic rings. The minimum Gasteiger partial charge on any atom is -0.461 e. The summed E-state index contributed by atoms with van der Waals surface area (Å²) in [6.07, 6.45) is 6.52. The van der Waals surface area contributed by atoms with E-state index in [1.807, 2.05) is 12.1 Å². The summed E-state index contributed by atoms with van der Waals surface area (Å²) in [4.78, 5) is 16.8. The van der Waals surface area contributed by atoms with E-state index < -0.39 is 5.97 Å². The number of halogens is 1. The molecular formula is C20H21ClN4O2. The average Bonchev–Trinajstić information content (AvgIpc) is 3.09. The van der Waals surface area contributed by atoms with Crippen LogP contribution in [0.4, 0.5) is 0 Å². The second kappa shape index (κ2) is 8.06. The lowest BCUT2D eigenvalue weighted by Gasteiger charge is -2.22. The molecule has 0 radical (unpaired) electrons. The van der Waals surface area contributed by atoms with Crippen molar-refractivity contribution in [2.75, 3.05) is 19.7 Å². The van der Waals surface area contributed by atoms with Gasteiger partial charge in [-0.05, 0) is 68.6 Å². The molecule has 0 aliphatic carbocycles. The molecule has 0 spiro atoms. The van der Waals surface area contributed by atoms with Crippen LogP contribution in [-0.4, -0.2) is 40.4 Å². The van der Waals surface area contributed by atoms with Gasteiger partial charge in [0, 0.05) is 16.6 Å². The fourth-order valence-corrected chi connectivity index (χ4v) is 3.58. The van der Waals surface area contributed by atoms with Gasteiger partial charge in [0.2, 0.25) is 0 Å². The van der Waals surface area contributed by atoms with Gasteiger partial charge in [0.25, 0.3) is 0 Å². The zero-order valence-electron chi connectivity index (χ0n) is 14.9. The Bertz CT molecular complexity index is 933. The highest BCUT2D eigenvalue weighted by molar-refractivity contribution is 6.30. The zero-order valence-corrected chi connectivity index (χ0v) is 15.7. The van der Waals surface area contributed by atoms with Crippen LogP contribution in [0.5, 0.6) is 0 Å². The van der Waals surface area contributed by atoms with Crippen molar-refractivity contribution in [2.24, 2.45) is 5.92 Å². The highest BCUT2D eigenvalue weighted by atomic mass is 35.5. The van der Waals surface area contributed by atoms with E-state index in [0.29, 0.717) is 23.2 Å². The van der Waals surface area contributed by atoms with Crippen molar-refractivity contribution in [3.05, 3.63) is 53.4 Å². The summed E-state index contributed by atoms with van der Waals surface area (Å²) in [5.74, 6) is 0.222. The third-order valence-corrected chi connectivity index (χ3v) is 5.22. The maximum absolute atomic E-state index is 12.6. The van der Waals surface area contributed by atoms with Crippen LogP contribution in [0.2, 0.25) is 5.02 Å². The maximum atomic E-state index is 12.6. The number of pyridine rings is 1. The Morgan fingerprint density at radius 2 is 2.00 bits per heavy atom. The molecule has 3 heterocycles. The highest BCUT2D eigenvalue weighted by Crippen LogP contribution is 2.23. The Balaban J connectivity index is 1.54. The van der Waals surface area contributed by atoms with Gasteiger partial charge in [0.05, 0.1) is 24.0 Å². The normalized spacial score (nSPS) is 15.1. The number of carbonyl (C=O) groups excluding carboxylic acids is 1. The molecule has 1 saturated heterocycles. The highest BCUT2D eigenvalue weighted by Gasteiger charge is 2.20.